The van der Waals surface area contributed by atoms with Crippen LogP contribution in [-0.4, -0.2) is 5.78 Å². The van der Waals surface area contributed by atoms with E-state index in [0.717, 1.165) is 32.1 Å². The van der Waals surface area contributed by atoms with E-state index in [1.807, 2.05) is 0 Å². The minimum Gasteiger partial charge on any atom is -0.300 e. The number of carbonyl (C=O) groups excluding carboxylic acids is 1. The number of hydrogen-bond acceptors (Lipinski definition) is 1. The molecule has 76 valence electrons. The molecule has 1 heteroatoms. The van der Waals surface area contributed by atoms with E-state index >= 15 is 0 Å². The molecule has 0 heterocycles. The van der Waals surface area contributed by atoms with Crippen LogP contribution in [0.4, 0.5) is 0 Å². The van der Waals surface area contributed by atoms with Crippen molar-refractivity contribution in [3.8, 4) is 0 Å². The van der Waals surface area contributed by atoms with E-state index in [2.05, 4.69) is 37.5 Å². The lowest BCUT2D eigenvalue weighted by Gasteiger charge is -2.34. The molecular formula is C13H18O. The van der Waals surface area contributed by atoms with Crippen LogP contribution in [0.15, 0.2) is 37.5 Å². The van der Waals surface area contributed by atoms with E-state index < -0.39 is 0 Å². The van der Waals surface area contributed by atoms with E-state index in [9.17, 15) is 4.79 Å². The van der Waals surface area contributed by atoms with Gasteiger partial charge in [0.1, 0.15) is 5.78 Å². The van der Waals surface area contributed by atoms with Crippen molar-refractivity contribution >= 4 is 5.78 Å². The molecule has 0 unspecified atom stereocenters. The molecular weight excluding hydrogens is 172 g/mol. The predicted octanol–water partition coefficient (Wildman–Crippen LogP) is 3.43. The van der Waals surface area contributed by atoms with E-state index in [1.54, 1.807) is 0 Å². The van der Waals surface area contributed by atoms with Crippen molar-refractivity contribution in [3.63, 3.8) is 0 Å². The van der Waals surface area contributed by atoms with Gasteiger partial charge in [0, 0.05) is 12.8 Å². The zero-order chi connectivity index (χ0) is 10.4. The first-order chi connectivity index (χ1) is 6.81. The highest BCUT2D eigenvalue weighted by atomic mass is 16.1. The Hall–Kier alpha value is -1.11. The first-order valence-corrected chi connectivity index (χ1v) is 5.17. The summed E-state index contributed by atoms with van der Waals surface area (Å²) in [6, 6.07) is 0. The van der Waals surface area contributed by atoms with Crippen LogP contribution in [0.5, 0.6) is 0 Å². The lowest BCUT2D eigenvalue weighted by Crippen LogP contribution is -2.25. The highest BCUT2D eigenvalue weighted by Gasteiger charge is 2.31. The van der Waals surface area contributed by atoms with Crippen LogP contribution in [0.3, 0.4) is 0 Å². The summed E-state index contributed by atoms with van der Waals surface area (Å²) < 4.78 is 0. The Bertz CT molecular complexity index is 250. The van der Waals surface area contributed by atoms with Crippen LogP contribution in [0.25, 0.3) is 0 Å². The fraction of sp³-hybridized carbons (Fsp3) is 0.462. The molecule has 1 nitrogen and oxygen atoms in total. The van der Waals surface area contributed by atoms with E-state index in [0.29, 0.717) is 11.2 Å². The SMILES string of the molecule is C=C.O=C1CCC2(C=CC=CC2)CC1. The summed E-state index contributed by atoms with van der Waals surface area (Å²) >= 11 is 0. The molecule has 2 aliphatic carbocycles. The Morgan fingerprint density at radius 2 is 1.79 bits per heavy atom. The van der Waals surface area contributed by atoms with Gasteiger partial charge in [-0.25, -0.2) is 0 Å². The quantitative estimate of drug-likeness (QED) is 0.535. The first-order valence-electron chi connectivity index (χ1n) is 5.17. The van der Waals surface area contributed by atoms with Gasteiger partial charge in [-0.2, -0.15) is 0 Å². The number of carbonyl (C=O) groups is 1. The van der Waals surface area contributed by atoms with E-state index in [1.165, 1.54) is 0 Å². The van der Waals surface area contributed by atoms with Gasteiger partial charge in [0.05, 0.1) is 0 Å². The number of allylic oxidation sites excluding steroid dienone is 4. The highest BCUT2D eigenvalue weighted by Crippen LogP contribution is 2.41. The third kappa shape index (κ3) is 2.44. The number of Topliss-reactive ketones (excluding diaryl/α,β-unsaturated/α-hetero) is 1. The molecule has 1 spiro atoms. The van der Waals surface area contributed by atoms with Gasteiger partial charge in [-0.1, -0.05) is 24.3 Å². The number of hydrogen-bond donors (Lipinski definition) is 0. The molecule has 0 aromatic rings. The molecule has 0 saturated heterocycles. The molecule has 0 radical (unpaired) electrons. The second-order valence-corrected chi connectivity index (χ2v) is 3.89. The first kappa shape index (κ1) is 11.0. The summed E-state index contributed by atoms with van der Waals surface area (Å²) in [5, 5.41) is 0. The molecule has 0 bridgehead atoms. The summed E-state index contributed by atoms with van der Waals surface area (Å²) in [5.41, 5.74) is 0.350. The maximum Gasteiger partial charge on any atom is 0.132 e. The third-order valence-corrected chi connectivity index (χ3v) is 3.02. The Kier molecular flexibility index (Phi) is 3.87. The summed E-state index contributed by atoms with van der Waals surface area (Å²) in [6.07, 6.45) is 13.6. The third-order valence-electron chi connectivity index (χ3n) is 3.02. The van der Waals surface area contributed by atoms with E-state index in [4.69, 9.17) is 0 Å². The van der Waals surface area contributed by atoms with Crippen LogP contribution >= 0.6 is 0 Å². The summed E-state index contributed by atoms with van der Waals surface area (Å²) in [5.74, 6) is 0.448. The summed E-state index contributed by atoms with van der Waals surface area (Å²) in [7, 11) is 0. The van der Waals surface area contributed by atoms with Gasteiger partial charge in [-0.15, -0.1) is 13.2 Å². The normalized spacial score (nSPS) is 23.0. The Labute approximate surface area is 86.2 Å². The van der Waals surface area contributed by atoms with Gasteiger partial charge < -0.3 is 0 Å². The van der Waals surface area contributed by atoms with Gasteiger partial charge in [0.25, 0.3) is 0 Å². The largest absolute Gasteiger partial charge is 0.300 e. The fourth-order valence-electron chi connectivity index (χ4n) is 2.11. The lowest BCUT2D eigenvalue weighted by atomic mass is 9.70. The number of rotatable bonds is 0. The smallest absolute Gasteiger partial charge is 0.132 e. The molecule has 0 atom stereocenters. The van der Waals surface area contributed by atoms with Crippen molar-refractivity contribution in [2.75, 3.05) is 0 Å². The van der Waals surface area contributed by atoms with Crippen molar-refractivity contribution in [2.45, 2.75) is 32.1 Å². The molecule has 14 heavy (non-hydrogen) atoms. The summed E-state index contributed by atoms with van der Waals surface area (Å²) in [6.45, 7) is 6.00. The average Bonchev–Trinajstić information content (AvgIpc) is 2.27. The molecule has 1 saturated carbocycles. The van der Waals surface area contributed by atoms with Gasteiger partial charge in [0.15, 0.2) is 0 Å². The molecule has 0 N–H and O–H groups in total. The van der Waals surface area contributed by atoms with Crippen molar-refractivity contribution in [3.05, 3.63) is 37.5 Å². The maximum absolute atomic E-state index is 11.0. The van der Waals surface area contributed by atoms with E-state index in [-0.39, 0.29) is 0 Å². The molecule has 2 aliphatic rings. The Morgan fingerprint density at radius 3 is 2.29 bits per heavy atom. The van der Waals surface area contributed by atoms with Crippen LogP contribution < -0.4 is 0 Å². The van der Waals surface area contributed by atoms with Gasteiger partial charge in [0.2, 0.25) is 0 Å². The van der Waals surface area contributed by atoms with Gasteiger partial charge in [-0.3, -0.25) is 4.79 Å². The molecule has 0 amide bonds. The average molecular weight is 190 g/mol. The van der Waals surface area contributed by atoms with Crippen molar-refractivity contribution in [1.29, 1.82) is 0 Å². The molecule has 2 rings (SSSR count). The minimum atomic E-state index is 0.350. The topological polar surface area (TPSA) is 17.1 Å². The van der Waals surface area contributed by atoms with Crippen molar-refractivity contribution in [2.24, 2.45) is 5.41 Å². The van der Waals surface area contributed by atoms with Gasteiger partial charge >= 0.3 is 0 Å². The predicted molar refractivity (Wildman–Crippen MR) is 60.1 cm³/mol. The molecule has 0 aromatic heterocycles. The zero-order valence-corrected chi connectivity index (χ0v) is 8.67. The zero-order valence-electron chi connectivity index (χ0n) is 8.67. The Morgan fingerprint density at radius 1 is 1.14 bits per heavy atom. The van der Waals surface area contributed by atoms with Crippen LogP contribution in [0, 0.1) is 5.41 Å². The number of ketones is 1. The van der Waals surface area contributed by atoms with Crippen molar-refractivity contribution in [1.82, 2.24) is 0 Å². The van der Waals surface area contributed by atoms with Crippen LogP contribution in [-0.2, 0) is 4.79 Å². The highest BCUT2D eigenvalue weighted by molar-refractivity contribution is 5.79. The second kappa shape index (κ2) is 4.94. The molecule has 1 fully saturated rings. The Balaban J connectivity index is 0.000000461. The standard InChI is InChI=1S/C11H14O.C2H4/c12-10-4-8-11(9-5-10)6-2-1-3-7-11;1-2/h1-3,6H,4-5,7-9H2;1-2H2. The lowest BCUT2D eigenvalue weighted by molar-refractivity contribution is -0.121. The summed E-state index contributed by atoms with van der Waals surface area (Å²) in [4.78, 5) is 11.0. The second-order valence-electron chi connectivity index (χ2n) is 3.89. The van der Waals surface area contributed by atoms with Crippen LogP contribution in [0.2, 0.25) is 0 Å². The van der Waals surface area contributed by atoms with Gasteiger partial charge in [-0.05, 0) is 24.7 Å². The molecule has 0 aromatic carbocycles. The fourth-order valence-corrected chi connectivity index (χ4v) is 2.11. The maximum atomic E-state index is 11.0. The van der Waals surface area contributed by atoms with Crippen molar-refractivity contribution < 1.29 is 4.79 Å². The monoisotopic (exact) mass is 190 g/mol. The minimum absolute atomic E-state index is 0.350. The van der Waals surface area contributed by atoms with Crippen LogP contribution in [0.1, 0.15) is 32.1 Å². The molecule has 0 aliphatic heterocycles.